The molecule has 0 aliphatic carbocycles. The lowest BCUT2D eigenvalue weighted by Crippen LogP contribution is -2.48. The predicted molar refractivity (Wildman–Crippen MR) is 102 cm³/mol. The van der Waals surface area contributed by atoms with Gasteiger partial charge in [-0.2, -0.15) is 0 Å². The SMILES string of the molecule is C[C@@H](c1ccc(Cl)cc1)N1CC[C@](CCCO)(c2ccccc2)OC1=O. The van der Waals surface area contributed by atoms with Gasteiger partial charge in [0, 0.05) is 24.6 Å². The zero-order valence-electron chi connectivity index (χ0n) is 14.9. The fourth-order valence-corrected chi connectivity index (χ4v) is 3.70. The molecule has 2 aromatic rings. The van der Waals surface area contributed by atoms with Crippen LogP contribution >= 0.6 is 11.6 Å². The van der Waals surface area contributed by atoms with Crippen molar-refractivity contribution in [2.24, 2.45) is 0 Å². The van der Waals surface area contributed by atoms with E-state index in [0.29, 0.717) is 30.8 Å². The van der Waals surface area contributed by atoms with Crippen LogP contribution in [0.15, 0.2) is 54.6 Å². The van der Waals surface area contributed by atoms with E-state index >= 15 is 0 Å². The molecule has 0 spiro atoms. The standard InChI is InChI=1S/C21H24ClNO3/c1-16(17-8-10-19(22)11-9-17)23-14-13-21(12-5-15-24,26-20(23)25)18-6-3-2-4-7-18/h2-4,6-11,16,24H,5,12-15H2,1H3/t16-,21+/m0/s1. The highest BCUT2D eigenvalue weighted by molar-refractivity contribution is 6.30. The number of amides is 1. The average Bonchev–Trinajstić information content (AvgIpc) is 2.67. The minimum Gasteiger partial charge on any atom is -0.438 e. The molecule has 0 aromatic heterocycles. The van der Waals surface area contributed by atoms with E-state index in [-0.39, 0.29) is 18.7 Å². The van der Waals surface area contributed by atoms with Crippen LogP contribution in [-0.2, 0) is 10.3 Å². The molecular weight excluding hydrogens is 350 g/mol. The van der Waals surface area contributed by atoms with Crippen LogP contribution < -0.4 is 0 Å². The predicted octanol–water partition coefficient (Wildman–Crippen LogP) is 4.91. The zero-order valence-corrected chi connectivity index (χ0v) is 15.7. The quantitative estimate of drug-likeness (QED) is 0.782. The molecule has 2 aromatic carbocycles. The van der Waals surface area contributed by atoms with E-state index in [1.165, 1.54) is 0 Å². The number of halogens is 1. The van der Waals surface area contributed by atoms with Crippen molar-refractivity contribution in [2.45, 2.75) is 37.8 Å². The third kappa shape index (κ3) is 3.87. The molecule has 138 valence electrons. The molecule has 1 amide bonds. The van der Waals surface area contributed by atoms with Crippen molar-refractivity contribution in [1.82, 2.24) is 4.90 Å². The number of nitrogens with zero attached hydrogens (tertiary/aromatic N) is 1. The number of hydrogen-bond donors (Lipinski definition) is 1. The Labute approximate surface area is 159 Å². The van der Waals surface area contributed by atoms with Crippen molar-refractivity contribution >= 4 is 17.7 Å². The maximum Gasteiger partial charge on any atom is 0.411 e. The van der Waals surface area contributed by atoms with E-state index in [1.54, 1.807) is 4.90 Å². The normalized spacial score (nSPS) is 21.3. The molecule has 0 radical (unpaired) electrons. The number of aliphatic hydroxyl groups excluding tert-OH is 1. The van der Waals surface area contributed by atoms with Crippen LogP contribution in [0.1, 0.15) is 43.4 Å². The van der Waals surface area contributed by atoms with Gasteiger partial charge in [0.1, 0.15) is 5.60 Å². The van der Waals surface area contributed by atoms with Gasteiger partial charge in [0.15, 0.2) is 0 Å². The molecule has 5 heteroatoms. The number of cyclic esters (lactones) is 1. The van der Waals surface area contributed by atoms with Gasteiger partial charge in [-0.25, -0.2) is 4.79 Å². The van der Waals surface area contributed by atoms with Gasteiger partial charge >= 0.3 is 6.09 Å². The van der Waals surface area contributed by atoms with E-state index in [4.69, 9.17) is 16.3 Å². The number of ether oxygens (including phenoxy) is 1. The summed E-state index contributed by atoms with van der Waals surface area (Å²) in [4.78, 5) is 14.6. The van der Waals surface area contributed by atoms with E-state index in [9.17, 15) is 9.90 Å². The second-order valence-corrected chi connectivity index (χ2v) is 7.16. The van der Waals surface area contributed by atoms with Crippen LogP contribution in [0.3, 0.4) is 0 Å². The summed E-state index contributed by atoms with van der Waals surface area (Å²) in [5, 5.41) is 9.95. The first kappa shape index (κ1) is 18.7. The minimum atomic E-state index is -0.669. The molecule has 0 unspecified atom stereocenters. The molecule has 1 aliphatic heterocycles. The Hall–Kier alpha value is -2.04. The molecule has 2 atom stereocenters. The molecule has 1 N–H and O–H groups in total. The van der Waals surface area contributed by atoms with Crippen LogP contribution in [0, 0.1) is 0 Å². The molecule has 0 saturated carbocycles. The van der Waals surface area contributed by atoms with Crippen molar-refractivity contribution in [2.75, 3.05) is 13.2 Å². The fourth-order valence-electron chi connectivity index (χ4n) is 3.57. The van der Waals surface area contributed by atoms with Crippen molar-refractivity contribution in [3.8, 4) is 0 Å². The van der Waals surface area contributed by atoms with E-state index in [2.05, 4.69) is 0 Å². The molecule has 1 aliphatic rings. The topological polar surface area (TPSA) is 49.8 Å². The van der Waals surface area contributed by atoms with Gasteiger partial charge < -0.3 is 14.7 Å². The summed E-state index contributed by atoms with van der Waals surface area (Å²) < 4.78 is 5.99. The summed E-state index contributed by atoms with van der Waals surface area (Å²) in [5.41, 5.74) is 1.34. The number of aliphatic hydroxyl groups is 1. The van der Waals surface area contributed by atoms with Gasteiger partial charge in [0.05, 0.1) is 6.04 Å². The summed E-state index contributed by atoms with van der Waals surface area (Å²) in [6.45, 7) is 2.67. The Morgan fingerprint density at radius 3 is 2.50 bits per heavy atom. The third-order valence-electron chi connectivity index (χ3n) is 5.13. The summed E-state index contributed by atoms with van der Waals surface area (Å²) in [5.74, 6) is 0. The van der Waals surface area contributed by atoms with Crippen molar-refractivity contribution in [1.29, 1.82) is 0 Å². The van der Waals surface area contributed by atoms with Gasteiger partial charge in [0.2, 0.25) is 0 Å². The molecule has 1 heterocycles. The lowest BCUT2D eigenvalue weighted by Gasteiger charge is -2.43. The molecule has 26 heavy (non-hydrogen) atoms. The molecular formula is C21H24ClNO3. The van der Waals surface area contributed by atoms with Crippen LogP contribution in [0.2, 0.25) is 5.02 Å². The van der Waals surface area contributed by atoms with Gasteiger partial charge in [-0.15, -0.1) is 0 Å². The summed E-state index contributed by atoms with van der Waals surface area (Å²) in [6.07, 6.45) is 1.58. The van der Waals surface area contributed by atoms with Crippen LogP contribution in [-0.4, -0.2) is 29.3 Å². The Kier molecular flexibility index (Phi) is 5.84. The highest BCUT2D eigenvalue weighted by Crippen LogP contribution is 2.40. The van der Waals surface area contributed by atoms with Gasteiger partial charge in [-0.1, -0.05) is 54.1 Å². The monoisotopic (exact) mass is 373 g/mol. The number of carbonyl (C=O) groups is 1. The first-order chi connectivity index (χ1) is 12.6. The summed E-state index contributed by atoms with van der Waals surface area (Å²) in [6, 6.07) is 17.3. The maximum atomic E-state index is 12.8. The molecule has 1 saturated heterocycles. The average molecular weight is 374 g/mol. The van der Waals surface area contributed by atoms with Crippen molar-refractivity contribution in [3.05, 3.63) is 70.7 Å². The Bertz CT molecular complexity index is 735. The highest BCUT2D eigenvalue weighted by Gasteiger charge is 2.43. The Morgan fingerprint density at radius 1 is 1.19 bits per heavy atom. The number of rotatable bonds is 6. The Balaban J connectivity index is 1.80. The van der Waals surface area contributed by atoms with Crippen molar-refractivity contribution < 1.29 is 14.6 Å². The highest BCUT2D eigenvalue weighted by atomic mass is 35.5. The molecule has 3 rings (SSSR count). The Morgan fingerprint density at radius 2 is 1.88 bits per heavy atom. The van der Waals surface area contributed by atoms with E-state index in [0.717, 1.165) is 11.1 Å². The lowest BCUT2D eigenvalue weighted by atomic mass is 9.84. The zero-order chi connectivity index (χ0) is 18.6. The van der Waals surface area contributed by atoms with Gasteiger partial charge in [-0.05, 0) is 43.0 Å². The first-order valence-electron chi connectivity index (χ1n) is 8.97. The van der Waals surface area contributed by atoms with Crippen LogP contribution in [0.5, 0.6) is 0 Å². The molecule has 4 nitrogen and oxygen atoms in total. The van der Waals surface area contributed by atoms with Crippen molar-refractivity contribution in [3.63, 3.8) is 0 Å². The molecule has 0 bridgehead atoms. The van der Waals surface area contributed by atoms with Gasteiger partial charge in [-0.3, -0.25) is 0 Å². The molecule has 1 fully saturated rings. The van der Waals surface area contributed by atoms with Crippen LogP contribution in [0.25, 0.3) is 0 Å². The van der Waals surface area contributed by atoms with Gasteiger partial charge in [0.25, 0.3) is 0 Å². The maximum absolute atomic E-state index is 12.8. The summed E-state index contributed by atoms with van der Waals surface area (Å²) in [7, 11) is 0. The number of carbonyl (C=O) groups excluding carboxylic acids is 1. The lowest BCUT2D eigenvalue weighted by molar-refractivity contribution is -0.0680. The fraction of sp³-hybridized carbons (Fsp3) is 0.381. The van der Waals surface area contributed by atoms with E-state index in [1.807, 2.05) is 61.5 Å². The minimum absolute atomic E-state index is 0.0804. The second-order valence-electron chi connectivity index (χ2n) is 6.73. The second kappa shape index (κ2) is 8.11. The van der Waals surface area contributed by atoms with E-state index < -0.39 is 5.60 Å². The van der Waals surface area contributed by atoms with Crippen LogP contribution in [0.4, 0.5) is 4.79 Å². The number of benzene rings is 2. The third-order valence-corrected chi connectivity index (χ3v) is 5.38. The smallest absolute Gasteiger partial charge is 0.411 e. The number of hydrogen-bond acceptors (Lipinski definition) is 3. The first-order valence-corrected chi connectivity index (χ1v) is 9.35. The summed E-state index contributed by atoms with van der Waals surface area (Å²) >= 11 is 5.96. The largest absolute Gasteiger partial charge is 0.438 e.